The summed E-state index contributed by atoms with van der Waals surface area (Å²) in [4.78, 5) is 20.0. The molecule has 0 aliphatic rings. The number of hydrogen-bond acceptors (Lipinski definition) is 5. The molecule has 0 amide bonds. The maximum absolute atomic E-state index is 11.5. The van der Waals surface area contributed by atoms with Gasteiger partial charge in [-0.3, -0.25) is 0 Å². The van der Waals surface area contributed by atoms with Crippen LogP contribution in [0, 0.1) is 6.92 Å². The van der Waals surface area contributed by atoms with Crippen molar-refractivity contribution >= 4 is 5.97 Å². The molecule has 0 atom stereocenters. The fraction of sp³-hybridized carbons (Fsp3) is 0.333. The molecular formula is C12H14N4O2. The van der Waals surface area contributed by atoms with E-state index in [2.05, 4.69) is 15.1 Å². The summed E-state index contributed by atoms with van der Waals surface area (Å²) >= 11 is 0. The zero-order chi connectivity index (χ0) is 13.1. The van der Waals surface area contributed by atoms with Crippen LogP contribution < -0.4 is 0 Å². The summed E-state index contributed by atoms with van der Waals surface area (Å²) < 4.78 is 6.38. The lowest BCUT2D eigenvalue weighted by molar-refractivity contribution is 0.0512. The number of carbonyl (C=O) groups is 1. The van der Waals surface area contributed by atoms with Gasteiger partial charge in [-0.05, 0) is 26.0 Å². The summed E-state index contributed by atoms with van der Waals surface area (Å²) in [6.45, 7) is 3.94. The normalized spacial score (nSPS) is 10.4. The van der Waals surface area contributed by atoms with Gasteiger partial charge in [0.05, 0.1) is 6.61 Å². The number of esters is 1. The molecule has 0 saturated carbocycles. The Bertz CT molecular complexity index is 577. The summed E-state index contributed by atoms with van der Waals surface area (Å²) in [5.41, 5.74) is 1.56. The summed E-state index contributed by atoms with van der Waals surface area (Å²) in [6.07, 6.45) is 0. The number of ether oxygens (including phenoxy) is 1. The number of carbonyl (C=O) groups excluding carboxylic acids is 1. The van der Waals surface area contributed by atoms with E-state index >= 15 is 0 Å². The van der Waals surface area contributed by atoms with Crippen LogP contribution in [0.4, 0.5) is 0 Å². The van der Waals surface area contributed by atoms with Crippen molar-refractivity contribution in [3.8, 4) is 11.5 Å². The van der Waals surface area contributed by atoms with E-state index in [0.717, 1.165) is 5.69 Å². The molecule has 6 nitrogen and oxygen atoms in total. The van der Waals surface area contributed by atoms with Crippen LogP contribution in [-0.2, 0) is 11.8 Å². The molecule has 0 fully saturated rings. The van der Waals surface area contributed by atoms with Gasteiger partial charge in [-0.15, -0.1) is 5.10 Å². The first kappa shape index (κ1) is 12.2. The highest BCUT2D eigenvalue weighted by atomic mass is 16.5. The Labute approximate surface area is 105 Å². The molecule has 0 saturated heterocycles. The third-order valence-corrected chi connectivity index (χ3v) is 2.34. The van der Waals surface area contributed by atoms with Crippen molar-refractivity contribution in [1.29, 1.82) is 0 Å². The minimum absolute atomic E-state index is 0.0534. The van der Waals surface area contributed by atoms with Crippen molar-refractivity contribution in [3.63, 3.8) is 0 Å². The van der Waals surface area contributed by atoms with Gasteiger partial charge in [0, 0.05) is 12.7 Å². The third kappa shape index (κ3) is 2.37. The van der Waals surface area contributed by atoms with Crippen LogP contribution >= 0.6 is 0 Å². The van der Waals surface area contributed by atoms with Crippen LogP contribution in [0.1, 0.15) is 23.2 Å². The molecule has 0 N–H and O–H groups in total. The fourth-order valence-electron chi connectivity index (χ4n) is 1.56. The Morgan fingerprint density at radius 2 is 2.17 bits per heavy atom. The smallest absolute Gasteiger partial charge is 0.378 e. The molecule has 18 heavy (non-hydrogen) atoms. The van der Waals surface area contributed by atoms with Gasteiger partial charge in [0.2, 0.25) is 0 Å². The van der Waals surface area contributed by atoms with E-state index in [4.69, 9.17) is 4.74 Å². The lowest BCUT2D eigenvalue weighted by Crippen LogP contribution is -2.07. The average molecular weight is 246 g/mol. The van der Waals surface area contributed by atoms with Crippen molar-refractivity contribution in [2.75, 3.05) is 6.61 Å². The average Bonchev–Trinajstić information content (AvgIpc) is 2.72. The second-order valence-electron chi connectivity index (χ2n) is 3.77. The van der Waals surface area contributed by atoms with Crippen molar-refractivity contribution < 1.29 is 9.53 Å². The van der Waals surface area contributed by atoms with Gasteiger partial charge in [0.25, 0.3) is 5.82 Å². The van der Waals surface area contributed by atoms with E-state index in [1.807, 2.05) is 25.1 Å². The topological polar surface area (TPSA) is 69.9 Å². The molecule has 2 aromatic rings. The molecule has 0 aliphatic carbocycles. The van der Waals surface area contributed by atoms with Crippen LogP contribution in [0.25, 0.3) is 11.5 Å². The Morgan fingerprint density at radius 3 is 2.83 bits per heavy atom. The van der Waals surface area contributed by atoms with Crippen LogP contribution in [0.3, 0.4) is 0 Å². The second kappa shape index (κ2) is 4.95. The van der Waals surface area contributed by atoms with Crippen molar-refractivity contribution in [3.05, 3.63) is 29.7 Å². The van der Waals surface area contributed by atoms with E-state index in [0.29, 0.717) is 18.1 Å². The largest absolute Gasteiger partial charge is 0.460 e. The minimum atomic E-state index is -0.521. The zero-order valence-corrected chi connectivity index (χ0v) is 10.5. The quantitative estimate of drug-likeness (QED) is 0.765. The minimum Gasteiger partial charge on any atom is -0.460 e. The molecule has 0 bridgehead atoms. The number of nitrogens with zero attached hydrogens (tertiary/aromatic N) is 4. The van der Waals surface area contributed by atoms with Crippen molar-refractivity contribution in [1.82, 2.24) is 19.7 Å². The highest BCUT2D eigenvalue weighted by molar-refractivity contribution is 5.85. The van der Waals surface area contributed by atoms with E-state index < -0.39 is 5.97 Å². The Morgan fingerprint density at radius 1 is 1.39 bits per heavy atom. The van der Waals surface area contributed by atoms with Gasteiger partial charge in [0.1, 0.15) is 5.69 Å². The molecule has 0 aromatic carbocycles. The predicted octanol–water partition coefficient (Wildman–Crippen LogP) is 1.36. The first-order valence-corrected chi connectivity index (χ1v) is 5.64. The lowest BCUT2D eigenvalue weighted by Gasteiger charge is -1.99. The second-order valence-corrected chi connectivity index (χ2v) is 3.77. The molecule has 2 rings (SSSR count). The summed E-state index contributed by atoms with van der Waals surface area (Å²) in [5, 5.41) is 4.03. The maximum Gasteiger partial charge on any atom is 0.378 e. The third-order valence-electron chi connectivity index (χ3n) is 2.34. The first-order valence-electron chi connectivity index (χ1n) is 5.64. The van der Waals surface area contributed by atoms with Crippen LogP contribution in [0.2, 0.25) is 0 Å². The number of aromatic nitrogens is 4. The molecular weight excluding hydrogens is 232 g/mol. The van der Waals surface area contributed by atoms with Crippen molar-refractivity contribution in [2.45, 2.75) is 13.8 Å². The number of rotatable bonds is 3. The van der Waals surface area contributed by atoms with Crippen LogP contribution in [-0.4, -0.2) is 32.3 Å². The zero-order valence-electron chi connectivity index (χ0n) is 10.5. The molecule has 2 aromatic heterocycles. The molecule has 0 radical (unpaired) electrons. The lowest BCUT2D eigenvalue weighted by atomic mass is 10.3. The highest BCUT2D eigenvalue weighted by Gasteiger charge is 2.17. The standard InChI is InChI=1S/C12H14N4O2/c1-4-18-12(17)10-14-11(16(3)15-10)9-7-5-6-8(2)13-9/h5-7H,4H2,1-3H3. The molecule has 6 heteroatoms. The SMILES string of the molecule is CCOC(=O)c1nc(-c2cccc(C)n2)n(C)n1. The molecule has 0 aliphatic heterocycles. The fourth-order valence-corrected chi connectivity index (χ4v) is 1.56. The Balaban J connectivity index is 2.38. The van der Waals surface area contributed by atoms with E-state index in [1.54, 1.807) is 14.0 Å². The summed E-state index contributed by atoms with van der Waals surface area (Å²) in [7, 11) is 1.72. The molecule has 2 heterocycles. The van der Waals surface area contributed by atoms with Crippen LogP contribution in [0.5, 0.6) is 0 Å². The van der Waals surface area contributed by atoms with Gasteiger partial charge in [0.15, 0.2) is 5.82 Å². The van der Waals surface area contributed by atoms with E-state index in [9.17, 15) is 4.79 Å². The number of hydrogen-bond donors (Lipinski definition) is 0. The van der Waals surface area contributed by atoms with Gasteiger partial charge in [-0.2, -0.15) is 4.98 Å². The van der Waals surface area contributed by atoms with Gasteiger partial charge >= 0.3 is 5.97 Å². The number of pyridine rings is 1. The maximum atomic E-state index is 11.5. The summed E-state index contributed by atoms with van der Waals surface area (Å²) in [5.74, 6) is 0.0754. The molecule has 0 spiro atoms. The van der Waals surface area contributed by atoms with E-state index in [1.165, 1.54) is 4.68 Å². The Kier molecular flexibility index (Phi) is 3.36. The van der Waals surface area contributed by atoms with Gasteiger partial charge < -0.3 is 4.74 Å². The highest BCUT2D eigenvalue weighted by Crippen LogP contribution is 2.14. The summed E-state index contributed by atoms with van der Waals surface area (Å²) in [6, 6.07) is 5.61. The van der Waals surface area contributed by atoms with Crippen molar-refractivity contribution in [2.24, 2.45) is 7.05 Å². The monoisotopic (exact) mass is 246 g/mol. The van der Waals surface area contributed by atoms with Gasteiger partial charge in [-0.25, -0.2) is 14.5 Å². The van der Waals surface area contributed by atoms with Gasteiger partial charge in [-0.1, -0.05) is 6.07 Å². The predicted molar refractivity (Wildman–Crippen MR) is 64.9 cm³/mol. The molecule has 0 unspecified atom stereocenters. The Hall–Kier alpha value is -2.24. The van der Waals surface area contributed by atoms with E-state index in [-0.39, 0.29) is 5.82 Å². The first-order chi connectivity index (χ1) is 8.61. The number of aryl methyl sites for hydroxylation is 2. The van der Waals surface area contributed by atoms with Crippen LogP contribution in [0.15, 0.2) is 18.2 Å². The molecule has 94 valence electrons.